The minimum absolute atomic E-state index is 0.00958. The van der Waals surface area contributed by atoms with Crippen molar-refractivity contribution in [2.24, 2.45) is 29.6 Å². The highest BCUT2D eigenvalue weighted by atomic mass is 16.3. The van der Waals surface area contributed by atoms with Gasteiger partial charge in [-0.25, -0.2) is 0 Å². The van der Waals surface area contributed by atoms with Crippen molar-refractivity contribution >= 4 is 46.6 Å². The molecule has 0 radical (unpaired) electrons. The molecule has 2 aliphatic carbocycles. The zero-order valence-corrected chi connectivity index (χ0v) is 26.6. The molecule has 3 fully saturated rings. The Kier molecular flexibility index (Phi) is 7.58. The summed E-state index contributed by atoms with van der Waals surface area (Å²) < 4.78 is 0. The number of fused-ring (bicyclic) bond motifs is 4. The molecule has 4 aliphatic rings. The van der Waals surface area contributed by atoms with E-state index >= 15 is 0 Å². The number of allylic oxidation sites excluding steroid dienone is 3. The monoisotopic (exact) mass is 642 g/mol. The van der Waals surface area contributed by atoms with Crippen LogP contribution in [0.5, 0.6) is 5.75 Å². The van der Waals surface area contributed by atoms with Crippen LogP contribution in [-0.2, 0) is 25.6 Å². The number of phenolic OH excluding ortho intramolecular Hbond substituents is 1. The zero-order chi connectivity index (χ0) is 34.0. The van der Waals surface area contributed by atoms with Crippen LogP contribution < -0.4 is 9.80 Å². The van der Waals surface area contributed by atoms with Gasteiger partial charge in [-0.3, -0.25) is 38.6 Å². The van der Waals surface area contributed by atoms with Crippen molar-refractivity contribution in [3.05, 3.63) is 113 Å². The van der Waals surface area contributed by atoms with Gasteiger partial charge in [-0.05, 0) is 93.1 Å². The molecule has 9 heteroatoms. The molecular formula is C39H34N2O7. The highest BCUT2D eigenvalue weighted by Gasteiger charge is 2.62. The van der Waals surface area contributed by atoms with Gasteiger partial charge in [-0.15, -0.1) is 6.58 Å². The number of rotatable bonds is 7. The first kappa shape index (κ1) is 31.2. The summed E-state index contributed by atoms with van der Waals surface area (Å²) in [6, 6.07) is 18.0. The summed E-state index contributed by atoms with van der Waals surface area (Å²) in [5.74, 6) is -6.16. The standard InChI is InChI=1S/C39H34N2O7/c1-4-6-24-7-5-8-28(35(24)44)32-27-17-18-29-33(38(47)40(36(29)45)25-13-9-22(10-14-25)20(2)42)30(27)19-31-34(32)39(48)41(37(31)46)26-15-11-23(12-16-26)21(3)43/h4-5,7-17,29-34,44H,1,6,18-19H2,2-3H3. The molecule has 0 aromatic heterocycles. The Morgan fingerprint density at radius 3 is 1.83 bits per heavy atom. The third kappa shape index (κ3) is 4.67. The summed E-state index contributed by atoms with van der Waals surface area (Å²) in [5.41, 5.74) is 3.51. The fraction of sp³-hybridized carbons (Fsp3) is 0.282. The van der Waals surface area contributed by atoms with Gasteiger partial charge >= 0.3 is 0 Å². The van der Waals surface area contributed by atoms with E-state index in [9.17, 15) is 33.9 Å². The number of carbonyl (C=O) groups is 6. The number of aromatic hydroxyl groups is 1. The van der Waals surface area contributed by atoms with E-state index in [1.54, 1.807) is 72.8 Å². The summed E-state index contributed by atoms with van der Waals surface area (Å²) in [5, 5.41) is 11.6. The molecule has 1 saturated carbocycles. The van der Waals surface area contributed by atoms with Gasteiger partial charge in [0.15, 0.2) is 11.6 Å². The van der Waals surface area contributed by atoms with Crippen LogP contribution in [0.25, 0.3) is 0 Å². The number of hydrogen-bond acceptors (Lipinski definition) is 7. The van der Waals surface area contributed by atoms with Gasteiger partial charge in [0.1, 0.15) is 5.75 Å². The summed E-state index contributed by atoms with van der Waals surface area (Å²) in [6.07, 6.45) is 4.45. The number of para-hydroxylation sites is 1. The highest BCUT2D eigenvalue weighted by molar-refractivity contribution is 6.24. The van der Waals surface area contributed by atoms with Crippen molar-refractivity contribution in [3.63, 3.8) is 0 Å². The molecule has 48 heavy (non-hydrogen) atoms. The predicted molar refractivity (Wildman–Crippen MR) is 177 cm³/mol. The third-order valence-electron chi connectivity index (χ3n) is 10.6. The van der Waals surface area contributed by atoms with Gasteiger partial charge in [-0.2, -0.15) is 0 Å². The first-order valence-electron chi connectivity index (χ1n) is 16.1. The molecule has 242 valence electrons. The maximum absolute atomic E-state index is 14.4. The number of Topliss-reactive ketones (excluding diaryl/α,β-unsaturated/α-hetero) is 2. The number of phenols is 1. The van der Waals surface area contributed by atoms with Crippen LogP contribution in [0.15, 0.2) is 91.0 Å². The van der Waals surface area contributed by atoms with E-state index in [-0.39, 0.29) is 42.0 Å². The van der Waals surface area contributed by atoms with E-state index in [1.807, 2.05) is 6.08 Å². The minimum Gasteiger partial charge on any atom is -0.507 e. The molecule has 0 bridgehead atoms. The van der Waals surface area contributed by atoms with E-state index < -0.39 is 47.3 Å². The van der Waals surface area contributed by atoms with Crippen molar-refractivity contribution in [1.29, 1.82) is 0 Å². The fourth-order valence-corrected chi connectivity index (χ4v) is 8.32. The smallest absolute Gasteiger partial charge is 0.238 e. The quantitative estimate of drug-likeness (QED) is 0.203. The second kappa shape index (κ2) is 11.7. The molecule has 4 amide bonds. The number of hydrogen-bond donors (Lipinski definition) is 1. The summed E-state index contributed by atoms with van der Waals surface area (Å²) in [6.45, 7) is 6.68. The summed E-state index contributed by atoms with van der Waals surface area (Å²) in [4.78, 5) is 82.8. The molecule has 1 N–H and O–H groups in total. The Balaban J connectivity index is 1.32. The van der Waals surface area contributed by atoms with E-state index in [0.29, 0.717) is 40.0 Å². The lowest BCUT2D eigenvalue weighted by Crippen LogP contribution is -2.43. The summed E-state index contributed by atoms with van der Waals surface area (Å²) in [7, 11) is 0. The average molecular weight is 643 g/mol. The van der Waals surface area contributed by atoms with Crippen molar-refractivity contribution < 1.29 is 33.9 Å². The second-order valence-electron chi connectivity index (χ2n) is 13.1. The molecule has 2 aliphatic heterocycles. The molecule has 7 rings (SSSR count). The first-order valence-corrected chi connectivity index (χ1v) is 16.1. The molecule has 9 nitrogen and oxygen atoms in total. The Morgan fingerprint density at radius 2 is 1.29 bits per heavy atom. The van der Waals surface area contributed by atoms with Crippen LogP contribution in [0.4, 0.5) is 11.4 Å². The van der Waals surface area contributed by atoms with Crippen LogP contribution in [0, 0.1) is 29.6 Å². The number of anilines is 2. The van der Waals surface area contributed by atoms with Crippen LogP contribution in [0.3, 0.4) is 0 Å². The first-order chi connectivity index (χ1) is 23.0. The Hall–Kier alpha value is -5.44. The molecule has 3 aromatic rings. The van der Waals surface area contributed by atoms with E-state index in [4.69, 9.17) is 0 Å². The number of amides is 4. The largest absolute Gasteiger partial charge is 0.507 e. The second-order valence-corrected chi connectivity index (χ2v) is 13.1. The van der Waals surface area contributed by atoms with Gasteiger partial charge in [0, 0.05) is 22.6 Å². The van der Waals surface area contributed by atoms with Crippen molar-refractivity contribution in [3.8, 4) is 5.75 Å². The lowest BCUT2D eigenvalue weighted by atomic mass is 9.57. The molecule has 2 saturated heterocycles. The number of nitrogens with zero attached hydrogens (tertiary/aromatic N) is 2. The lowest BCUT2D eigenvalue weighted by molar-refractivity contribution is -0.126. The van der Waals surface area contributed by atoms with Gasteiger partial charge < -0.3 is 5.11 Å². The number of ketones is 2. The maximum atomic E-state index is 14.4. The molecule has 3 aromatic carbocycles. The predicted octanol–water partition coefficient (Wildman–Crippen LogP) is 5.57. The Morgan fingerprint density at radius 1 is 0.750 bits per heavy atom. The van der Waals surface area contributed by atoms with Crippen LogP contribution in [-0.4, -0.2) is 40.3 Å². The fourth-order valence-electron chi connectivity index (χ4n) is 8.32. The average Bonchev–Trinajstić information content (AvgIpc) is 3.48. The van der Waals surface area contributed by atoms with Gasteiger partial charge in [0.05, 0.1) is 35.0 Å². The summed E-state index contributed by atoms with van der Waals surface area (Å²) >= 11 is 0. The Bertz CT molecular complexity index is 1960. The molecular weight excluding hydrogens is 608 g/mol. The van der Waals surface area contributed by atoms with E-state index in [1.165, 1.54) is 18.7 Å². The molecule has 2 heterocycles. The van der Waals surface area contributed by atoms with Crippen LogP contribution >= 0.6 is 0 Å². The number of benzene rings is 3. The topological polar surface area (TPSA) is 129 Å². The van der Waals surface area contributed by atoms with Gasteiger partial charge in [-0.1, -0.05) is 35.9 Å². The van der Waals surface area contributed by atoms with Crippen molar-refractivity contribution in [1.82, 2.24) is 0 Å². The highest BCUT2D eigenvalue weighted by Crippen LogP contribution is 2.59. The van der Waals surface area contributed by atoms with Crippen LogP contribution in [0.1, 0.15) is 64.4 Å². The van der Waals surface area contributed by atoms with Gasteiger partial charge in [0.25, 0.3) is 0 Å². The Labute approximate surface area is 277 Å². The van der Waals surface area contributed by atoms with Crippen molar-refractivity contribution in [2.45, 2.75) is 39.0 Å². The van der Waals surface area contributed by atoms with Crippen molar-refractivity contribution in [2.75, 3.05) is 9.80 Å². The number of imide groups is 2. The molecule has 6 unspecified atom stereocenters. The maximum Gasteiger partial charge on any atom is 0.238 e. The SMILES string of the molecule is C=CCc1cccc(C2C3=CCC4C(=O)N(c5ccc(C(C)=O)cc5)C(=O)C4C3CC3C(=O)N(c4ccc(C(C)=O)cc4)C(=O)C32)c1O. The number of carbonyl (C=O) groups excluding carboxylic acids is 6. The van der Waals surface area contributed by atoms with E-state index in [2.05, 4.69) is 6.58 Å². The minimum atomic E-state index is -0.851. The van der Waals surface area contributed by atoms with Gasteiger partial charge in [0.2, 0.25) is 23.6 Å². The van der Waals surface area contributed by atoms with Crippen LogP contribution in [0.2, 0.25) is 0 Å². The normalized spacial score (nSPS) is 26.2. The lowest BCUT2D eigenvalue weighted by Gasteiger charge is -2.44. The zero-order valence-electron chi connectivity index (χ0n) is 26.6. The third-order valence-corrected chi connectivity index (χ3v) is 10.6. The molecule has 0 spiro atoms. The van der Waals surface area contributed by atoms with E-state index in [0.717, 1.165) is 10.5 Å². The molecule has 6 atom stereocenters.